The first-order valence-corrected chi connectivity index (χ1v) is 6.01. The molecule has 1 amide bonds. The number of hydrogen-bond acceptors (Lipinski definition) is 2. The average Bonchev–Trinajstić information content (AvgIpc) is 2.22. The highest BCUT2D eigenvalue weighted by Gasteiger charge is 2.08. The number of unbranched alkanes of at least 4 members (excludes halogenated alkanes) is 1. The molecule has 0 heterocycles. The standard InChI is InChI=1S/C12H26N2O/c1-5-6-9-14(12(2)3)10-7-8-13(4)11-15/h11-12H,5-10H2,1-4H3. The van der Waals surface area contributed by atoms with Gasteiger partial charge >= 0.3 is 0 Å². The number of rotatable bonds is 9. The molecule has 0 atom stereocenters. The number of carbonyl (C=O) groups excluding carboxylic acids is 1. The zero-order chi connectivity index (χ0) is 11.7. The molecule has 0 aliphatic carbocycles. The minimum Gasteiger partial charge on any atom is -0.348 e. The molecule has 0 unspecified atom stereocenters. The molecule has 0 fully saturated rings. The average molecular weight is 214 g/mol. The van der Waals surface area contributed by atoms with Crippen LogP contribution in [0.25, 0.3) is 0 Å². The van der Waals surface area contributed by atoms with Crippen molar-refractivity contribution in [1.29, 1.82) is 0 Å². The zero-order valence-electron chi connectivity index (χ0n) is 10.7. The molecule has 90 valence electrons. The Kier molecular flexibility index (Phi) is 8.38. The Hall–Kier alpha value is -0.570. The van der Waals surface area contributed by atoms with Crippen LogP contribution in [0, 0.1) is 0 Å². The van der Waals surface area contributed by atoms with Crippen LogP contribution in [-0.2, 0) is 4.79 Å². The van der Waals surface area contributed by atoms with Crippen molar-refractivity contribution in [3.63, 3.8) is 0 Å². The maximum Gasteiger partial charge on any atom is 0.209 e. The van der Waals surface area contributed by atoms with Crippen LogP contribution in [0.4, 0.5) is 0 Å². The van der Waals surface area contributed by atoms with E-state index in [1.54, 1.807) is 4.90 Å². The summed E-state index contributed by atoms with van der Waals surface area (Å²) in [5, 5.41) is 0. The van der Waals surface area contributed by atoms with Crippen molar-refractivity contribution in [2.24, 2.45) is 0 Å². The molecule has 0 aliphatic rings. The van der Waals surface area contributed by atoms with Gasteiger partial charge in [-0.15, -0.1) is 0 Å². The summed E-state index contributed by atoms with van der Waals surface area (Å²) in [6.45, 7) is 9.82. The molecule has 0 aromatic rings. The fourth-order valence-corrected chi connectivity index (χ4v) is 1.57. The Morgan fingerprint density at radius 3 is 2.20 bits per heavy atom. The molecule has 0 aliphatic heterocycles. The molecule has 0 saturated heterocycles. The molecule has 15 heavy (non-hydrogen) atoms. The molecule has 0 aromatic carbocycles. The molecular formula is C12H26N2O. The largest absolute Gasteiger partial charge is 0.348 e. The lowest BCUT2D eigenvalue weighted by atomic mass is 10.2. The van der Waals surface area contributed by atoms with Crippen LogP contribution in [0.2, 0.25) is 0 Å². The fraction of sp³-hybridized carbons (Fsp3) is 0.917. The van der Waals surface area contributed by atoms with Crippen LogP contribution in [0.15, 0.2) is 0 Å². The third kappa shape index (κ3) is 7.37. The molecule has 0 rings (SSSR count). The van der Waals surface area contributed by atoms with Gasteiger partial charge in [-0.05, 0) is 33.2 Å². The second kappa shape index (κ2) is 8.72. The lowest BCUT2D eigenvalue weighted by Crippen LogP contribution is -2.34. The predicted molar refractivity (Wildman–Crippen MR) is 64.9 cm³/mol. The molecule has 0 aromatic heterocycles. The van der Waals surface area contributed by atoms with Gasteiger partial charge in [-0.25, -0.2) is 0 Å². The minimum absolute atomic E-state index is 0.609. The summed E-state index contributed by atoms with van der Waals surface area (Å²) in [7, 11) is 1.83. The van der Waals surface area contributed by atoms with Crippen LogP contribution in [0.5, 0.6) is 0 Å². The smallest absolute Gasteiger partial charge is 0.209 e. The molecule has 0 bridgehead atoms. The van der Waals surface area contributed by atoms with Crippen LogP contribution in [0.3, 0.4) is 0 Å². The summed E-state index contributed by atoms with van der Waals surface area (Å²) in [6.07, 6.45) is 4.47. The summed E-state index contributed by atoms with van der Waals surface area (Å²) in [4.78, 5) is 14.6. The Bertz CT molecular complexity index is 160. The van der Waals surface area contributed by atoms with Crippen molar-refractivity contribution in [2.45, 2.75) is 46.1 Å². The Labute approximate surface area is 94.4 Å². The second-order valence-corrected chi connectivity index (χ2v) is 4.42. The van der Waals surface area contributed by atoms with Crippen molar-refractivity contribution in [2.75, 3.05) is 26.7 Å². The van der Waals surface area contributed by atoms with Crippen LogP contribution < -0.4 is 0 Å². The maximum absolute atomic E-state index is 10.4. The first kappa shape index (κ1) is 14.4. The number of carbonyl (C=O) groups is 1. The van der Waals surface area contributed by atoms with E-state index < -0.39 is 0 Å². The summed E-state index contributed by atoms with van der Waals surface area (Å²) < 4.78 is 0. The molecule has 0 N–H and O–H groups in total. The van der Waals surface area contributed by atoms with E-state index in [1.807, 2.05) is 7.05 Å². The first-order chi connectivity index (χ1) is 7.11. The monoisotopic (exact) mass is 214 g/mol. The summed E-state index contributed by atoms with van der Waals surface area (Å²) in [5.74, 6) is 0. The van der Waals surface area contributed by atoms with Crippen molar-refractivity contribution >= 4 is 6.41 Å². The van der Waals surface area contributed by atoms with Gasteiger partial charge in [0.1, 0.15) is 0 Å². The summed E-state index contributed by atoms with van der Waals surface area (Å²) >= 11 is 0. The molecule has 3 heteroatoms. The zero-order valence-corrected chi connectivity index (χ0v) is 10.7. The van der Waals surface area contributed by atoms with E-state index in [0.717, 1.165) is 25.9 Å². The second-order valence-electron chi connectivity index (χ2n) is 4.42. The van der Waals surface area contributed by atoms with Gasteiger partial charge < -0.3 is 9.80 Å². The Morgan fingerprint density at radius 2 is 1.73 bits per heavy atom. The normalized spacial score (nSPS) is 11.1. The SMILES string of the molecule is CCCCN(CCCN(C)C=O)C(C)C. The quantitative estimate of drug-likeness (QED) is 0.548. The predicted octanol–water partition coefficient (Wildman–Crippen LogP) is 1.98. The highest BCUT2D eigenvalue weighted by molar-refractivity contribution is 5.46. The molecule has 3 nitrogen and oxygen atoms in total. The van der Waals surface area contributed by atoms with Gasteiger partial charge in [0.25, 0.3) is 0 Å². The topological polar surface area (TPSA) is 23.6 Å². The van der Waals surface area contributed by atoms with E-state index in [9.17, 15) is 4.79 Å². The van der Waals surface area contributed by atoms with Crippen LogP contribution >= 0.6 is 0 Å². The van der Waals surface area contributed by atoms with Gasteiger partial charge in [0.15, 0.2) is 0 Å². The van der Waals surface area contributed by atoms with Gasteiger partial charge in [-0.2, -0.15) is 0 Å². The highest BCUT2D eigenvalue weighted by Crippen LogP contribution is 2.03. The van der Waals surface area contributed by atoms with Gasteiger partial charge in [0.05, 0.1) is 0 Å². The van der Waals surface area contributed by atoms with Crippen molar-refractivity contribution < 1.29 is 4.79 Å². The molecule has 0 radical (unpaired) electrons. The highest BCUT2D eigenvalue weighted by atomic mass is 16.1. The Balaban J connectivity index is 3.70. The molecule has 0 spiro atoms. The summed E-state index contributed by atoms with van der Waals surface area (Å²) in [5.41, 5.74) is 0. The molecular weight excluding hydrogens is 188 g/mol. The van der Waals surface area contributed by atoms with E-state index in [2.05, 4.69) is 25.7 Å². The third-order valence-electron chi connectivity index (χ3n) is 2.67. The summed E-state index contributed by atoms with van der Waals surface area (Å²) in [6, 6.07) is 0.609. The van der Waals surface area contributed by atoms with Crippen LogP contribution in [-0.4, -0.2) is 48.9 Å². The van der Waals surface area contributed by atoms with Crippen molar-refractivity contribution in [3.8, 4) is 0 Å². The van der Waals surface area contributed by atoms with Gasteiger partial charge in [-0.1, -0.05) is 13.3 Å². The lowest BCUT2D eigenvalue weighted by molar-refractivity contribution is -0.117. The first-order valence-electron chi connectivity index (χ1n) is 6.01. The minimum atomic E-state index is 0.609. The lowest BCUT2D eigenvalue weighted by Gasteiger charge is -2.26. The van der Waals surface area contributed by atoms with E-state index in [1.165, 1.54) is 19.4 Å². The van der Waals surface area contributed by atoms with E-state index in [-0.39, 0.29) is 0 Å². The number of nitrogens with zero attached hydrogens (tertiary/aromatic N) is 2. The van der Waals surface area contributed by atoms with E-state index in [4.69, 9.17) is 0 Å². The number of amides is 1. The van der Waals surface area contributed by atoms with Gasteiger partial charge in [0.2, 0.25) is 6.41 Å². The van der Waals surface area contributed by atoms with Gasteiger partial charge in [0, 0.05) is 26.2 Å². The van der Waals surface area contributed by atoms with Crippen molar-refractivity contribution in [1.82, 2.24) is 9.80 Å². The van der Waals surface area contributed by atoms with E-state index in [0.29, 0.717) is 6.04 Å². The van der Waals surface area contributed by atoms with Crippen molar-refractivity contribution in [3.05, 3.63) is 0 Å². The van der Waals surface area contributed by atoms with Crippen LogP contribution in [0.1, 0.15) is 40.0 Å². The Morgan fingerprint density at radius 1 is 1.13 bits per heavy atom. The fourth-order valence-electron chi connectivity index (χ4n) is 1.57. The maximum atomic E-state index is 10.4. The van der Waals surface area contributed by atoms with Gasteiger partial charge in [-0.3, -0.25) is 4.79 Å². The molecule has 0 saturated carbocycles. The van der Waals surface area contributed by atoms with E-state index >= 15 is 0 Å². The third-order valence-corrected chi connectivity index (χ3v) is 2.67. The number of hydrogen-bond donors (Lipinski definition) is 0.